The Bertz CT molecular complexity index is 1220. The molecule has 2 aromatic heterocycles. The molecule has 0 radical (unpaired) electrons. The fraction of sp³-hybridized carbons (Fsp3) is 0.400. The van der Waals surface area contributed by atoms with Gasteiger partial charge >= 0.3 is 5.69 Å². The molecule has 11 heteroatoms. The molecule has 0 spiro atoms. The summed E-state index contributed by atoms with van der Waals surface area (Å²) >= 11 is 0. The minimum atomic E-state index is -0.902. The number of benzene rings is 1. The molecule has 1 saturated carbocycles. The van der Waals surface area contributed by atoms with Crippen molar-refractivity contribution in [3.05, 3.63) is 73.8 Å². The number of aliphatic hydroxyl groups excluding tert-OH is 1. The number of primary amides is 1. The second kappa shape index (κ2) is 8.26. The molecule has 1 atom stereocenters. The average Bonchev–Trinajstić information content (AvgIpc) is 3.45. The van der Waals surface area contributed by atoms with Gasteiger partial charge in [-0.1, -0.05) is 29.8 Å². The molecule has 162 valence electrons. The van der Waals surface area contributed by atoms with E-state index in [2.05, 4.69) is 15.4 Å². The molecular formula is C20H23N7O4. The van der Waals surface area contributed by atoms with Gasteiger partial charge in [0.15, 0.2) is 5.82 Å². The summed E-state index contributed by atoms with van der Waals surface area (Å²) in [6, 6.07) is 7.45. The van der Waals surface area contributed by atoms with E-state index in [-0.39, 0.29) is 36.9 Å². The fourth-order valence-corrected chi connectivity index (χ4v) is 3.27. The Morgan fingerprint density at radius 3 is 2.61 bits per heavy atom. The fourth-order valence-electron chi connectivity index (χ4n) is 3.27. The minimum Gasteiger partial charge on any atom is -0.386 e. The maximum atomic E-state index is 12.8. The summed E-state index contributed by atoms with van der Waals surface area (Å²) in [6.07, 6.45) is 2.18. The summed E-state index contributed by atoms with van der Waals surface area (Å²) in [6.45, 7) is 2.20. The molecule has 0 aliphatic heterocycles. The van der Waals surface area contributed by atoms with Crippen molar-refractivity contribution >= 4 is 5.91 Å². The first kappa shape index (κ1) is 20.7. The molecule has 3 N–H and O–H groups in total. The van der Waals surface area contributed by atoms with Crippen molar-refractivity contribution in [3.63, 3.8) is 0 Å². The van der Waals surface area contributed by atoms with Crippen LogP contribution in [0.15, 0.2) is 40.1 Å². The summed E-state index contributed by atoms with van der Waals surface area (Å²) in [4.78, 5) is 38.2. The van der Waals surface area contributed by atoms with Crippen LogP contribution >= 0.6 is 0 Å². The maximum absolute atomic E-state index is 12.8. The lowest BCUT2D eigenvalue weighted by Gasteiger charge is -2.11. The molecule has 1 aromatic carbocycles. The van der Waals surface area contributed by atoms with Gasteiger partial charge in [0.05, 0.1) is 13.1 Å². The summed E-state index contributed by atoms with van der Waals surface area (Å²) in [5.41, 5.74) is 5.63. The highest BCUT2D eigenvalue weighted by molar-refractivity contribution is 5.92. The number of carbonyl (C=O) groups excluding carboxylic acids is 1. The van der Waals surface area contributed by atoms with Gasteiger partial charge in [0.25, 0.3) is 11.5 Å². The second-order valence-corrected chi connectivity index (χ2v) is 7.86. The molecular weight excluding hydrogens is 402 g/mol. The van der Waals surface area contributed by atoms with E-state index in [1.165, 1.54) is 9.36 Å². The van der Waals surface area contributed by atoms with Gasteiger partial charge in [0.2, 0.25) is 0 Å². The normalized spacial score (nSPS) is 14.5. The van der Waals surface area contributed by atoms with E-state index >= 15 is 0 Å². The lowest BCUT2D eigenvalue weighted by atomic mass is 10.1. The van der Waals surface area contributed by atoms with Crippen LogP contribution in [0.4, 0.5) is 0 Å². The van der Waals surface area contributed by atoms with Crippen LogP contribution in [0, 0.1) is 12.8 Å². The summed E-state index contributed by atoms with van der Waals surface area (Å²) < 4.78 is 2.23. The average molecular weight is 425 g/mol. The van der Waals surface area contributed by atoms with Crippen LogP contribution in [0.3, 0.4) is 0 Å². The van der Waals surface area contributed by atoms with Gasteiger partial charge in [-0.05, 0) is 36.5 Å². The highest BCUT2D eigenvalue weighted by Crippen LogP contribution is 2.29. The lowest BCUT2D eigenvalue weighted by Crippen LogP contribution is -2.44. The summed E-state index contributed by atoms with van der Waals surface area (Å²) in [5, 5.41) is 22.4. The van der Waals surface area contributed by atoms with Crippen LogP contribution < -0.4 is 17.0 Å². The van der Waals surface area contributed by atoms with Crippen LogP contribution in [0.5, 0.6) is 0 Å². The SMILES string of the molecule is Cc1ccc([C@@H](O)Cn2nnc(Cn3cc(C(N)=O)c(=O)n(CC4CC4)c3=O)n2)cc1. The third-order valence-corrected chi connectivity index (χ3v) is 5.24. The van der Waals surface area contributed by atoms with Crippen molar-refractivity contribution in [1.82, 2.24) is 29.3 Å². The van der Waals surface area contributed by atoms with Crippen LogP contribution in [0.25, 0.3) is 0 Å². The van der Waals surface area contributed by atoms with Crippen LogP contribution in [-0.2, 0) is 19.6 Å². The molecule has 0 saturated heterocycles. The van der Waals surface area contributed by atoms with Crippen LogP contribution in [-0.4, -0.2) is 40.4 Å². The van der Waals surface area contributed by atoms with Gasteiger partial charge < -0.3 is 10.8 Å². The van der Waals surface area contributed by atoms with Gasteiger partial charge in [-0.25, -0.2) is 4.79 Å². The van der Waals surface area contributed by atoms with Crippen molar-refractivity contribution in [2.75, 3.05) is 0 Å². The Morgan fingerprint density at radius 1 is 1.26 bits per heavy atom. The Morgan fingerprint density at radius 2 is 1.97 bits per heavy atom. The van der Waals surface area contributed by atoms with Crippen molar-refractivity contribution in [2.24, 2.45) is 11.7 Å². The number of rotatable bonds is 8. The molecule has 3 aromatic rings. The van der Waals surface area contributed by atoms with Crippen molar-refractivity contribution in [2.45, 2.75) is 45.5 Å². The van der Waals surface area contributed by atoms with Crippen LogP contribution in [0.2, 0.25) is 0 Å². The molecule has 1 aliphatic carbocycles. The van der Waals surface area contributed by atoms with E-state index in [4.69, 9.17) is 5.73 Å². The predicted molar refractivity (Wildman–Crippen MR) is 109 cm³/mol. The quantitative estimate of drug-likeness (QED) is 0.498. The van der Waals surface area contributed by atoms with E-state index in [9.17, 15) is 19.5 Å². The van der Waals surface area contributed by atoms with E-state index in [0.29, 0.717) is 0 Å². The van der Waals surface area contributed by atoms with E-state index < -0.39 is 23.3 Å². The number of aryl methyl sites for hydroxylation is 1. The second-order valence-electron chi connectivity index (χ2n) is 7.86. The highest BCUT2D eigenvalue weighted by Gasteiger charge is 2.25. The number of nitrogens with zero attached hydrogens (tertiary/aromatic N) is 6. The molecule has 31 heavy (non-hydrogen) atoms. The highest BCUT2D eigenvalue weighted by atomic mass is 16.3. The van der Waals surface area contributed by atoms with Gasteiger partial charge in [-0.2, -0.15) is 4.80 Å². The Balaban J connectivity index is 1.55. The number of carbonyl (C=O) groups is 1. The number of aliphatic hydroxyl groups is 1. The summed E-state index contributed by atoms with van der Waals surface area (Å²) in [7, 11) is 0. The van der Waals surface area contributed by atoms with E-state index in [0.717, 1.165) is 34.7 Å². The number of tetrazole rings is 1. The molecule has 0 bridgehead atoms. The molecule has 1 aliphatic rings. The Labute approximate surface area is 176 Å². The minimum absolute atomic E-state index is 0.0820. The first-order chi connectivity index (χ1) is 14.8. The zero-order valence-electron chi connectivity index (χ0n) is 17.0. The molecule has 11 nitrogen and oxygen atoms in total. The molecule has 4 rings (SSSR count). The first-order valence-corrected chi connectivity index (χ1v) is 9.97. The number of amides is 1. The van der Waals surface area contributed by atoms with Crippen molar-refractivity contribution in [1.29, 1.82) is 0 Å². The van der Waals surface area contributed by atoms with Crippen LogP contribution in [0.1, 0.15) is 46.3 Å². The van der Waals surface area contributed by atoms with Gasteiger partial charge in [0.1, 0.15) is 11.7 Å². The predicted octanol–water partition coefficient (Wildman–Crippen LogP) is -0.404. The molecule has 1 fully saturated rings. The van der Waals surface area contributed by atoms with Crippen molar-refractivity contribution < 1.29 is 9.90 Å². The Kier molecular flexibility index (Phi) is 5.51. The maximum Gasteiger partial charge on any atom is 0.331 e. The summed E-state index contributed by atoms with van der Waals surface area (Å²) in [5.74, 6) is -0.449. The smallest absolute Gasteiger partial charge is 0.331 e. The lowest BCUT2D eigenvalue weighted by molar-refractivity contribution is 0.0997. The van der Waals surface area contributed by atoms with E-state index in [1.807, 2.05) is 31.2 Å². The largest absolute Gasteiger partial charge is 0.386 e. The first-order valence-electron chi connectivity index (χ1n) is 9.97. The number of nitrogens with two attached hydrogens (primary N) is 1. The van der Waals surface area contributed by atoms with E-state index in [1.54, 1.807) is 0 Å². The third-order valence-electron chi connectivity index (χ3n) is 5.24. The molecule has 1 amide bonds. The van der Waals surface area contributed by atoms with Gasteiger partial charge in [-0.3, -0.25) is 18.7 Å². The zero-order valence-corrected chi connectivity index (χ0v) is 17.0. The van der Waals surface area contributed by atoms with Gasteiger partial charge in [-0.15, -0.1) is 10.2 Å². The number of hydrogen-bond acceptors (Lipinski definition) is 7. The van der Waals surface area contributed by atoms with Crippen molar-refractivity contribution in [3.8, 4) is 0 Å². The monoisotopic (exact) mass is 425 g/mol. The standard InChI is InChI=1S/C20H23N7O4/c1-12-2-6-14(7-3-12)16(28)10-27-23-17(22-24-27)11-25-9-15(18(21)29)19(30)26(20(25)31)8-13-4-5-13/h2-3,6-7,9,13,16,28H,4-5,8,10-11H2,1H3,(H2,21,29)/t16-/m0/s1. The number of aromatic nitrogens is 6. The topological polar surface area (TPSA) is 151 Å². The molecule has 2 heterocycles. The number of hydrogen-bond donors (Lipinski definition) is 2. The Hall–Kier alpha value is -3.60. The van der Waals surface area contributed by atoms with Gasteiger partial charge in [0, 0.05) is 12.7 Å². The molecule has 0 unspecified atom stereocenters. The third kappa shape index (κ3) is 4.61. The zero-order chi connectivity index (χ0) is 22.1.